The minimum Gasteiger partial charge on any atom is -0.383 e. The van der Waals surface area contributed by atoms with Gasteiger partial charge in [0, 0.05) is 36.8 Å². The zero-order valence-electron chi connectivity index (χ0n) is 11.8. The fourth-order valence-corrected chi connectivity index (χ4v) is 2.67. The number of nitrogens with two attached hydrogens (primary N) is 2. The van der Waals surface area contributed by atoms with Crippen molar-refractivity contribution in [3.8, 4) is 11.1 Å². The van der Waals surface area contributed by atoms with Gasteiger partial charge in [0.05, 0.1) is 22.6 Å². The highest BCUT2D eigenvalue weighted by atomic mass is 79.9. The normalized spacial score (nSPS) is 13.0. The van der Waals surface area contributed by atoms with Gasteiger partial charge in [-0.1, -0.05) is 0 Å². The SMILES string of the molecule is CC(N)Cc1nc2c(-c3cnn(C)c3)cnn2c(N)c1Br. The number of halogens is 1. The molecule has 0 radical (unpaired) electrons. The minimum atomic E-state index is 0.000383. The molecule has 3 aromatic rings. The molecular formula is C13H16BrN7. The van der Waals surface area contributed by atoms with Crippen LogP contribution in [0.4, 0.5) is 5.82 Å². The van der Waals surface area contributed by atoms with Gasteiger partial charge in [-0.2, -0.15) is 14.7 Å². The van der Waals surface area contributed by atoms with E-state index in [0.717, 1.165) is 21.3 Å². The van der Waals surface area contributed by atoms with E-state index in [-0.39, 0.29) is 6.04 Å². The number of fused-ring (bicyclic) bond motifs is 1. The lowest BCUT2D eigenvalue weighted by Gasteiger charge is -2.10. The molecule has 1 atom stereocenters. The molecule has 0 aliphatic carbocycles. The second-order valence-corrected chi connectivity index (χ2v) is 5.93. The average Bonchev–Trinajstić information content (AvgIpc) is 3.01. The zero-order chi connectivity index (χ0) is 15.1. The van der Waals surface area contributed by atoms with Crippen molar-refractivity contribution >= 4 is 27.4 Å². The summed E-state index contributed by atoms with van der Waals surface area (Å²) < 4.78 is 4.11. The van der Waals surface area contributed by atoms with E-state index < -0.39 is 0 Å². The highest BCUT2D eigenvalue weighted by Crippen LogP contribution is 2.29. The molecule has 0 aliphatic rings. The Morgan fingerprint density at radius 2 is 2.10 bits per heavy atom. The van der Waals surface area contributed by atoms with Gasteiger partial charge in [-0.05, 0) is 22.9 Å². The molecule has 110 valence electrons. The number of aryl methyl sites for hydroxylation is 1. The van der Waals surface area contributed by atoms with Crippen molar-refractivity contribution < 1.29 is 0 Å². The van der Waals surface area contributed by atoms with E-state index in [2.05, 4.69) is 31.1 Å². The first-order valence-corrected chi connectivity index (χ1v) is 7.33. The third-order valence-corrected chi connectivity index (χ3v) is 4.09. The van der Waals surface area contributed by atoms with Gasteiger partial charge in [0.15, 0.2) is 5.65 Å². The third-order valence-electron chi connectivity index (χ3n) is 3.22. The lowest BCUT2D eigenvalue weighted by atomic mass is 10.1. The predicted molar refractivity (Wildman–Crippen MR) is 84.7 cm³/mol. The standard InChI is InChI=1S/C13H16BrN7/c1-7(15)3-10-11(14)12(16)21-13(19-10)9(5-18-21)8-4-17-20(2)6-8/h4-7H,3,15-16H2,1-2H3. The second kappa shape index (κ2) is 5.12. The molecule has 3 aromatic heterocycles. The molecule has 1 unspecified atom stereocenters. The Hall–Kier alpha value is -1.93. The molecule has 0 bridgehead atoms. The maximum absolute atomic E-state index is 6.14. The number of aromatic nitrogens is 5. The van der Waals surface area contributed by atoms with Gasteiger partial charge in [0.2, 0.25) is 0 Å². The number of hydrogen-bond acceptors (Lipinski definition) is 5. The quantitative estimate of drug-likeness (QED) is 0.743. The number of nitrogens with zero attached hydrogens (tertiary/aromatic N) is 5. The van der Waals surface area contributed by atoms with Crippen molar-refractivity contribution in [1.29, 1.82) is 0 Å². The van der Waals surface area contributed by atoms with Crippen molar-refractivity contribution in [2.75, 3.05) is 5.73 Å². The van der Waals surface area contributed by atoms with Crippen LogP contribution in [0.25, 0.3) is 16.8 Å². The van der Waals surface area contributed by atoms with Crippen molar-refractivity contribution in [2.45, 2.75) is 19.4 Å². The highest BCUT2D eigenvalue weighted by molar-refractivity contribution is 9.10. The van der Waals surface area contributed by atoms with E-state index in [9.17, 15) is 0 Å². The summed E-state index contributed by atoms with van der Waals surface area (Å²) in [6.45, 7) is 1.94. The van der Waals surface area contributed by atoms with Crippen molar-refractivity contribution in [1.82, 2.24) is 24.4 Å². The summed E-state index contributed by atoms with van der Waals surface area (Å²) in [5.74, 6) is 0.519. The first-order valence-electron chi connectivity index (χ1n) is 6.53. The summed E-state index contributed by atoms with van der Waals surface area (Å²) in [5, 5.41) is 8.50. The molecule has 0 saturated heterocycles. The highest BCUT2D eigenvalue weighted by Gasteiger charge is 2.17. The van der Waals surface area contributed by atoms with Crippen molar-refractivity contribution in [2.24, 2.45) is 12.8 Å². The van der Waals surface area contributed by atoms with E-state index in [1.165, 1.54) is 0 Å². The van der Waals surface area contributed by atoms with Gasteiger partial charge < -0.3 is 11.5 Å². The topological polar surface area (TPSA) is 100 Å². The molecule has 7 nitrogen and oxygen atoms in total. The van der Waals surface area contributed by atoms with Crippen LogP contribution in [-0.2, 0) is 13.5 Å². The van der Waals surface area contributed by atoms with E-state index in [4.69, 9.17) is 11.5 Å². The first-order chi connectivity index (χ1) is 9.97. The smallest absolute Gasteiger partial charge is 0.165 e. The minimum absolute atomic E-state index is 0.000383. The summed E-state index contributed by atoms with van der Waals surface area (Å²) >= 11 is 3.48. The van der Waals surface area contributed by atoms with Gasteiger partial charge in [0.1, 0.15) is 5.82 Å². The molecule has 4 N–H and O–H groups in total. The Balaban J connectivity index is 2.22. The molecule has 0 saturated carbocycles. The molecule has 0 aliphatic heterocycles. The van der Waals surface area contributed by atoms with Gasteiger partial charge in [0.25, 0.3) is 0 Å². The molecule has 3 heterocycles. The number of rotatable bonds is 3. The van der Waals surface area contributed by atoms with E-state index in [1.807, 2.05) is 20.2 Å². The molecule has 0 spiro atoms. The number of nitrogen functional groups attached to an aromatic ring is 1. The predicted octanol–water partition coefficient (Wildman–Crippen LogP) is 1.36. The molecule has 0 fully saturated rings. The van der Waals surface area contributed by atoms with Crippen LogP contribution >= 0.6 is 15.9 Å². The molecule has 0 amide bonds. The molecule has 3 rings (SSSR count). The Morgan fingerprint density at radius 1 is 1.33 bits per heavy atom. The van der Waals surface area contributed by atoms with Crippen LogP contribution in [0, 0.1) is 0 Å². The van der Waals surface area contributed by atoms with Crippen LogP contribution in [0.2, 0.25) is 0 Å². The van der Waals surface area contributed by atoms with Crippen molar-refractivity contribution in [3.63, 3.8) is 0 Å². The zero-order valence-corrected chi connectivity index (χ0v) is 13.4. The number of hydrogen-bond donors (Lipinski definition) is 2. The van der Waals surface area contributed by atoms with Crippen LogP contribution in [-0.4, -0.2) is 30.4 Å². The van der Waals surface area contributed by atoms with Gasteiger partial charge >= 0.3 is 0 Å². The van der Waals surface area contributed by atoms with E-state index in [1.54, 1.807) is 21.6 Å². The van der Waals surface area contributed by atoms with E-state index in [0.29, 0.717) is 17.9 Å². The Morgan fingerprint density at radius 3 is 2.71 bits per heavy atom. The molecular weight excluding hydrogens is 334 g/mol. The summed E-state index contributed by atoms with van der Waals surface area (Å²) in [7, 11) is 1.87. The average molecular weight is 350 g/mol. The molecule has 21 heavy (non-hydrogen) atoms. The summed E-state index contributed by atoms with van der Waals surface area (Å²) in [6, 6.07) is 0.000383. The fraction of sp³-hybridized carbons (Fsp3) is 0.308. The van der Waals surface area contributed by atoms with Crippen LogP contribution in [0.5, 0.6) is 0 Å². The fourth-order valence-electron chi connectivity index (χ4n) is 2.25. The maximum atomic E-state index is 6.14. The van der Waals surface area contributed by atoms with E-state index >= 15 is 0 Å². The van der Waals surface area contributed by atoms with Crippen molar-refractivity contribution in [3.05, 3.63) is 28.8 Å². The second-order valence-electron chi connectivity index (χ2n) is 5.14. The summed E-state index contributed by atoms with van der Waals surface area (Å²) in [5.41, 5.74) is 15.4. The maximum Gasteiger partial charge on any atom is 0.165 e. The Bertz CT molecular complexity index is 802. The van der Waals surface area contributed by atoms with Crippen LogP contribution in [0.1, 0.15) is 12.6 Å². The third kappa shape index (κ3) is 2.40. The summed E-state index contributed by atoms with van der Waals surface area (Å²) in [4.78, 5) is 4.68. The van der Waals surface area contributed by atoms with Crippen LogP contribution in [0.15, 0.2) is 23.1 Å². The first kappa shape index (κ1) is 14.0. The van der Waals surface area contributed by atoms with Crippen LogP contribution < -0.4 is 11.5 Å². The lowest BCUT2D eigenvalue weighted by Crippen LogP contribution is -2.19. The largest absolute Gasteiger partial charge is 0.383 e. The molecule has 8 heteroatoms. The Labute approximate surface area is 130 Å². The monoisotopic (exact) mass is 349 g/mol. The lowest BCUT2D eigenvalue weighted by molar-refractivity contribution is 0.717. The molecule has 0 aromatic carbocycles. The van der Waals surface area contributed by atoms with Crippen LogP contribution in [0.3, 0.4) is 0 Å². The number of anilines is 1. The van der Waals surface area contributed by atoms with Gasteiger partial charge in [-0.3, -0.25) is 4.68 Å². The Kier molecular flexibility index (Phi) is 3.42. The van der Waals surface area contributed by atoms with Gasteiger partial charge in [-0.25, -0.2) is 4.98 Å². The van der Waals surface area contributed by atoms with Gasteiger partial charge in [-0.15, -0.1) is 0 Å². The summed E-state index contributed by atoms with van der Waals surface area (Å²) in [6.07, 6.45) is 6.08.